The van der Waals surface area contributed by atoms with Crippen LogP contribution in [0, 0.1) is 5.82 Å². The number of benzene rings is 1. The first-order chi connectivity index (χ1) is 5.13. The van der Waals surface area contributed by atoms with Crippen LogP contribution in [-0.4, -0.2) is 22.3 Å². The predicted octanol–water partition coefficient (Wildman–Crippen LogP) is -0.789. The molecule has 0 saturated heterocycles. The molecule has 1 aromatic rings. The van der Waals surface area contributed by atoms with Gasteiger partial charge in [-0.15, -0.1) is 0 Å². The number of hydrogen-bond acceptors (Lipinski definition) is 3. The summed E-state index contributed by atoms with van der Waals surface area (Å²) in [5.41, 5.74) is -0.231. The van der Waals surface area contributed by atoms with Gasteiger partial charge < -0.3 is 15.2 Å². The van der Waals surface area contributed by atoms with Gasteiger partial charge in [-0.2, -0.15) is 0 Å². The Bertz CT molecular complexity index is 264. The summed E-state index contributed by atoms with van der Waals surface area (Å²) in [7, 11) is -1.84. The van der Waals surface area contributed by atoms with Crippen molar-refractivity contribution in [2.45, 2.75) is 0 Å². The summed E-state index contributed by atoms with van der Waals surface area (Å²) in [6.45, 7) is 0. The van der Waals surface area contributed by atoms with Crippen LogP contribution in [0.5, 0.6) is 5.75 Å². The molecule has 0 radical (unpaired) electrons. The monoisotopic (exact) mass is 156 g/mol. The molecular weight excluding hydrogens is 150 g/mol. The fourth-order valence-corrected chi connectivity index (χ4v) is 0.740. The van der Waals surface area contributed by atoms with E-state index >= 15 is 0 Å². The lowest BCUT2D eigenvalue weighted by Gasteiger charge is -2.01. The Labute approximate surface area is 62.9 Å². The van der Waals surface area contributed by atoms with E-state index in [1.165, 1.54) is 12.1 Å². The van der Waals surface area contributed by atoms with E-state index in [0.29, 0.717) is 0 Å². The zero-order valence-corrected chi connectivity index (χ0v) is 5.53. The van der Waals surface area contributed by atoms with Gasteiger partial charge in [0.1, 0.15) is 0 Å². The molecule has 3 N–H and O–H groups in total. The molecule has 0 aliphatic rings. The van der Waals surface area contributed by atoms with E-state index in [-0.39, 0.29) is 5.46 Å². The van der Waals surface area contributed by atoms with Crippen molar-refractivity contribution in [3.63, 3.8) is 0 Å². The van der Waals surface area contributed by atoms with Gasteiger partial charge in [0.2, 0.25) is 0 Å². The largest absolute Gasteiger partial charge is 0.505 e. The lowest BCUT2D eigenvalue weighted by molar-refractivity contribution is 0.410. The normalized spacial score (nSPS) is 9.73. The van der Waals surface area contributed by atoms with E-state index in [1.807, 2.05) is 0 Å². The molecule has 0 heterocycles. The van der Waals surface area contributed by atoms with Crippen LogP contribution >= 0.6 is 0 Å². The summed E-state index contributed by atoms with van der Waals surface area (Å²) in [4.78, 5) is 0. The number of rotatable bonds is 1. The number of hydrogen-bond donors (Lipinski definition) is 3. The molecule has 0 aliphatic heterocycles. The highest BCUT2D eigenvalue weighted by atomic mass is 19.1. The SMILES string of the molecule is OB(O)c1cccc(F)c1O. The maximum Gasteiger partial charge on any atom is 0.492 e. The smallest absolute Gasteiger partial charge is 0.492 e. The first-order valence-corrected chi connectivity index (χ1v) is 2.96. The number of para-hydroxylation sites is 1. The molecule has 0 aliphatic carbocycles. The predicted molar refractivity (Wildman–Crippen MR) is 37.9 cm³/mol. The highest BCUT2D eigenvalue weighted by Gasteiger charge is 2.17. The molecule has 1 rings (SSSR count). The second-order valence-corrected chi connectivity index (χ2v) is 2.05. The molecule has 11 heavy (non-hydrogen) atoms. The molecule has 0 fully saturated rings. The molecule has 0 spiro atoms. The van der Waals surface area contributed by atoms with Crippen molar-refractivity contribution in [3.8, 4) is 5.75 Å². The van der Waals surface area contributed by atoms with Gasteiger partial charge in [0.05, 0.1) is 0 Å². The molecule has 0 aromatic heterocycles. The summed E-state index contributed by atoms with van der Waals surface area (Å²) in [6.07, 6.45) is 0. The third kappa shape index (κ3) is 1.50. The van der Waals surface area contributed by atoms with Gasteiger partial charge in [-0.05, 0) is 6.07 Å². The molecule has 0 amide bonds. The maximum atomic E-state index is 12.5. The van der Waals surface area contributed by atoms with Crippen molar-refractivity contribution in [2.24, 2.45) is 0 Å². The summed E-state index contributed by atoms with van der Waals surface area (Å²) < 4.78 is 12.5. The average molecular weight is 156 g/mol. The zero-order valence-electron chi connectivity index (χ0n) is 5.53. The minimum atomic E-state index is -1.84. The average Bonchev–Trinajstić information content (AvgIpc) is 1.94. The van der Waals surface area contributed by atoms with Crippen LogP contribution in [0.4, 0.5) is 4.39 Å². The standard InChI is InChI=1S/C6H6BFO3/c8-5-3-1-2-4(6(5)9)7(10)11/h1-3,9-11H. The Morgan fingerprint density at radius 2 is 1.91 bits per heavy atom. The summed E-state index contributed by atoms with van der Waals surface area (Å²) in [5.74, 6) is -1.59. The third-order valence-corrected chi connectivity index (χ3v) is 1.30. The quantitative estimate of drug-likeness (QED) is 0.467. The number of halogens is 1. The topological polar surface area (TPSA) is 60.7 Å². The lowest BCUT2D eigenvalue weighted by Crippen LogP contribution is -2.30. The minimum absolute atomic E-state index is 0.231. The lowest BCUT2D eigenvalue weighted by atomic mass is 9.79. The van der Waals surface area contributed by atoms with Crippen molar-refractivity contribution in [1.82, 2.24) is 0 Å². The molecule has 5 heteroatoms. The maximum absolute atomic E-state index is 12.5. The van der Waals surface area contributed by atoms with Crippen molar-refractivity contribution in [3.05, 3.63) is 24.0 Å². The van der Waals surface area contributed by atoms with E-state index in [4.69, 9.17) is 15.2 Å². The highest BCUT2D eigenvalue weighted by molar-refractivity contribution is 6.59. The van der Waals surface area contributed by atoms with Crippen molar-refractivity contribution in [1.29, 1.82) is 0 Å². The molecule has 0 atom stereocenters. The number of phenolic OH excluding ortho intramolecular Hbond substituents is 1. The summed E-state index contributed by atoms with van der Waals surface area (Å²) in [5, 5.41) is 26.0. The molecule has 0 saturated carbocycles. The van der Waals surface area contributed by atoms with Gasteiger partial charge in [0, 0.05) is 5.46 Å². The van der Waals surface area contributed by atoms with Crippen LogP contribution < -0.4 is 5.46 Å². The Morgan fingerprint density at radius 1 is 1.27 bits per heavy atom. The first kappa shape index (κ1) is 8.04. The minimum Gasteiger partial charge on any atom is -0.505 e. The summed E-state index contributed by atoms with van der Waals surface area (Å²) in [6, 6.07) is 3.54. The van der Waals surface area contributed by atoms with Crippen LogP contribution in [0.1, 0.15) is 0 Å². The Balaban J connectivity index is 3.17. The molecule has 0 unspecified atom stereocenters. The van der Waals surface area contributed by atoms with Crippen LogP contribution in [0.3, 0.4) is 0 Å². The second kappa shape index (κ2) is 2.90. The van der Waals surface area contributed by atoms with Crippen LogP contribution in [-0.2, 0) is 0 Å². The fourth-order valence-electron chi connectivity index (χ4n) is 0.740. The highest BCUT2D eigenvalue weighted by Crippen LogP contribution is 2.10. The van der Waals surface area contributed by atoms with E-state index in [1.54, 1.807) is 0 Å². The van der Waals surface area contributed by atoms with Crippen molar-refractivity contribution in [2.75, 3.05) is 0 Å². The van der Waals surface area contributed by atoms with Gasteiger partial charge >= 0.3 is 7.12 Å². The summed E-state index contributed by atoms with van der Waals surface area (Å²) >= 11 is 0. The van der Waals surface area contributed by atoms with Crippen LogP contribution in [0.15, 0.2) is 18.2 Å². The van der Waals surface area contributed by atoms with Crippen molar-refractivity contribution < 1.29 is 19.5 Å². The van der Waals surface area contributed by atoms with E-state index in [9.17, 15) is 4.39 Å². The number of aromatic hydroxyl groups is 1. The Kier molecular flexibility index (Phi) is 2.12. The van der Waals surface area contributed by atoms with Crippen molar-refractivity contribution >= 4 is 12.6 Å². The fraction of sp³-hybridized carbons (Fsp3) is 0. The van der Waals surface area contributed by atoms with Crippen LogP contribution in [0.25, 0.3) is 0 Å². The van der Waals surface area contributed by atoms with E-state index in [2.05, 4.69) is 0 Å². The van der Waals surface area contributed by atoms with Gasteiger partial charge in [-0.1, -0.05) is 12.1 Å². The third-order valence-electron chi connectivity index (χ3n) is 1.30. The molecule has 3 nitrogen and oxygen atoms in total. The van der Waals surface area contributed by atoms with Gasteiger partial charge in [-0.3, -0.25) is 0 Å². The van der Waals surface area contributed by atoms with E-state index in [0.717, 1.165) is 6.07 Å². The molecule has 58 valence electrons. The van der Waals surface area contributed by atoms with Gasteiger partial charge in [0.15, 0.2) is 11.6 Å². The Hall–Kier alpha value is -1.07. The second-order valence-electron chi connectivity index (χ2n) is 2.05. The Morgan fingerprint density at radius 3 is 2.36 bits per heavy atom. The number of phenols is 1. The molecule has 1 aromatic carbocycles. The van der Waals surface area contributed by atoms with Gasteiger partial charge in [-0.25, -0.2) is 4.39 Å². The van der Waals surface area contributed by atoms with E-state index < -0.39 is 18.7 Å². The molecule has 0 bridgehead atoms. The van der Waals surface area contributed by atoms with Gasteiger partial charge in [0.25, 0.3) is 0 Å². The first-order valence-electron chi connectivity index (χ1n) is 2.96. The molecular formula is C6H6BFO3. The zero-order chi connectivity index (χ0) is 8.43. The van der Waals surface area contributed by atoms with Crippen LogP contribution in [0.2, 0.25) is 0 Å².